The zero-order valence-corrected chi connectivity index (χ0v) is 10.2. The van der Waals surface area contributed by atoms with Crippen molar-refractivity contribution in [2.75, 3.05) is 19.3 Å². The van der Waals surface area contributed by atoms with Crippen LogP contribution in [0.4, 0.5) is 0 Å². The average molecular weight is 264 g/mol. The molecule has 0 aromatic rings. The molecule has 0 spiro atoms. The Hall–Kier alpha value is -0.450. The first-order chi connectivity index (χ1) is 7.07. The second-order valence-electron chi connectivity index (χ2n) is 3.16. The molecule has 80 valence electrons. The number of Topliss-reactive ketones (excluding diaryl/α,β-unsaturated/α-hetero) is 2. The van der Waals surface area contributed by atoms with Gasteiger partial charge in [-0.25, -0.2) is 0 Å². The van der Waals surface area contributed by atoms with Crippen molar-refractivity contribution in [1.29, 1.82) is 0 Å². The van der Waals surface area contributed by atoms with E-state index in [1.54, 1.807) is 6.26 Å². The number of carbonyl (C=O) groups is 2. The molecule has 1 saturated heterocycles. The quantitative estimate of drug-likeness (QED) is 0.562. The molecule has 15 heavy (non-hydrogen) atoms. The molecule has 1 fully saturated rings. The van der Waals surface area contributed by atoms with Gasteiger partial charge in [0.25, 0.3) is 0 Å². The number of thioether (sulfide) groups is 1. The molecule has 0 N–H and O–H groups in total. The van der Waals surface area contributed by atoms with Crippen LogP contribution in [0.3, 0.4) is 0 Å². The SMILES string of the molecule is CSC1=C(N2CC2)C(=O)C(Cl)=C(Cl)C1=O. The Morgan fingerprint density at radius 1 is 1.13 bits per heavy atom. The predicted molar refractivity (Wildman–Crippen MR) is 60.9 cm³/mol. The Morgan fingerprint density at radius 3 is 2.13 bits per heavy atom. The maximum Gasteiger partial charge on any atom is 0.223 e. The minimum Gasteiger partial charge on any atom is -0.364 e. The van der Waals surface area contributed by atoms with Gasteiger partial charge in [0.2, 0.25) is 11.6 Å². The van der Waals surface area contributed by atoms with Gasteiger partial charge >= 0.3 is 0 Å². The zero-order valence-electron chi connectivity index (χ0n) is 7.84. The van der Waals surface area contributed by atoms with E-state index < -0.39 is 0 Å². The van der Waals surface area contributed by atoms with Crippen LogP contribution in [-0.4, -0.2) is 35.8 Å². The molecule has 2 rings (SSSR count). The van der Waals surface area contributed by atoms with Gasteiger partial charge in [-0.3, -0.25) is 9.59 Å². The normalized spacial score (nSPS) is 21.7. The highest BCUT2D eigenvalue weighted by Crippen LogP contribution is 2.37. The van der Waals surface area contributed by atoms with Crippen molar-refractivity contribution in [2.24, 2.45) is 0 Å². The third-order valence-corrected chi connectivity index (χ3v) is 3.80. The third-order valence-electron chi connectivity index (χ3n) is 2.20. The van der Waals surface area contributed by atoms with Crippen molar-refractivity contribution in [3.63, 3.8) is 0 Å². The monoisotopic (exact) mass is 263 g/mol. The average Bonchev–Trinajstić information content (AvgIpc) is 3.03. The topological polar surface area (TPSA) is 37.1 Å². The number of allylic oxidation sites excluding steroid dienone is 3. The van der Waals surface area contributed by atoms with Crippen molar-refractivity contribution < 1.29 is 9.59 Å². The molecule has 6 heteroatoms. The Kier molecular flexibility index (Phi) is 2.83. The van der Waals surface area contributed by atoms with Crippen LogP contribution in [-0.2, 0) is 9.59 Å². The van der Waals surface area contributed by atoms with Crippen molar-refractivity contribution in [1.82, 2.24) is 4.90 Å². The van der Waals surface area contributed by atoms with Crippen LogP contribution in [0.25, 0.3) is 0 Å². The molecule has 0 aromatic carbocycles. The molecular formula is C9H7Cl2NO2S. The summed E-state index contributed by atoms with van der Waals surface area (Å²) < 4.78 is 0. The van der Waals surface area contributed by atoms with Crippen LogP contribution < -0.4 is 0 Å². The number of halogens is 2. The fraction of sp³-hybridized carbons (Fsp3) is 0.333. The number of nitrogens with zero attached hydrogens (tertiary/aromatic N) is 1. The van der Waals surface area contributed by atoms with E-state index >= 15 is 0 Å². The van der Waals surface area contributed by atoms with E-state index in [0.717, 1.165) is 13.1 Å². The van der Waals surface area contributed by atoms with Crippen LogP contribution in [0.15, 0.2) is 20.7 Å². The Balaban J connectivity index is 2.52. The van der Waals surface area contributed by atoms with Crippen LogP contribution in [0.2, 0.25) is 0 Å². The molecule has 0 bridgehead atoms. The number of carbonyl (C=O) groups excluding carboxylic acids is 2. The molecule has 1 aliphatic carbocycles. The lowest BCUT2D eigenvalue weighted by molar-refractivity contribution is -0.115. The van der Waals surface area contributed by atoms with Crippen LogP contribution in [0.5, 0.6) is 0 Å². The summed E-state index contributed by atoms with van der Waals surface area (Å²) in [4.78, 5) is 25.7. The van der Waals surface area contributed by atoms with E-state index in [9.17, 15) is 9.59 Å². The van der Waals surface area contributed by atoms with Crippen molar-refractivity contribution in [3.05, 3.63) is 20.7 Å². The summed E-state index contributed by atoms with van der Waals surface area (Å²) in [5, 5.41) is -0.335. The molecule has 1 aliphatic heterocycles. The molecule has 0 unspecified atom stereocenters. The lowest BCUT2D eigenvalue weighted by Gasteiger charge is -2.17. The van der Waals surface area contributed by atoms with E-state index in [-0.39, 0.29) is 21.6 Å². The summed E-state index contributed by atoms with van der Waals surface area (Å²) in [6.07, 6.45) is 1.74. The number of rotatable bonds is 2. The lowest BCUT2D eigenvalue weighted by atomic mass is 10.1. The van der Waals surface area contributed by atoms with Gasteiger partial charge in [-0.1, -0.05) is 23.2 Å². The molecule has 1 heterocycles. The fourth-order valence-electron chi connectivity index (χ4n) is 1.36. The van der Waals surface area contributed by atoms with Gasteiger partial charge < -0.3 is 4.90 Å². The highest BCUT2D eigenvalue weighted by Gasteiger charge is 2.38. The second-order valence-corrected chi connectivity index (χ2v) is 4.73. The summed E-state index contributed by atoms with van der Waals surface area (Å²) in [5.74, 6) is -0.696. The van der Waals surface area contributed by atoms with E-state index in [1.807, 2.05) is 4.90 Å². The number of hydrogen-bond acceptors (Lipinski definition) is 4. The van der Waals surface area contributed by atoms with Gasteiger partial charge in [0.05, 0.1) is 4.91 Å². The number of ketones is 2. The van der Waals surface area contributed by atoms with E-state index in [4.69, 9.17) is 23.2 Å². The Morgan fingerprint density at radius 2 is 1.67 bits per heavy atom. The maximum atomic E-state index is 11.8. The molecule has 0 saturated carbocycles. The van der Waals surface area contributed by atoms with E-state index in [1.165, 1.54) is 11.8 Å². The molecule has 0 radical (unpaired) electrons. The van der Waals surface area contributed by atoms with Crippen molar-refractivity contribution in [3.8, 4) is 0 Å². The summed E-state index contributed by atoms with van der Waals surface area (Å²) in [7, 11) is 0. The van der Waals surface area contributed by atoms with E-state index in [2.05, 4.69) is 0 Å². The van der Waals surface area contributed by atoms with Crippen molar-refractivity contribution in [2.45, 2.75) is 0 Å². The number of hydrogen-bond donors (Lipinski definition) is 0. The maximum absolute atomic E-state index is 11.8. The van der Waals surface area contributed by atoms with Gasteiger partial charge in [0, 0.05) is 13.1 Å². The first-order valence-corrected chi connectivity index (χ1v) is 6.24. The Labute approximate surface area is 101 Å². The van der Waals surface area contributed by atoms with Gasteiger partial charge in [-0.05, 0) is 6.26 Å². The zero-order chi connectivity index (χ0) is 11.2. The highest BCUT2D eigenvalue weighted by molar-refractivity contribution is 8.03. The largest absolute Gasteiger partial charge is 0.364 e. The van der Waals surface area contributed by atoms with Crippen LogP contribution >= 0.6 is 35.0 Å². The Bertz CT molecular complexity index is 424. The molecule has 0 amide bonds. The minimum absolute atomic E-state index is 0.165. The second kappa shape index (κ2) is 3.85. The summed E-state index contributed by atoms with van der Waals surface area (Å²) in [6.45, 7) is 1.58. The van der Waals surface area contributed by atoms with Crippen molar-refractivity contribution >= 4 is 46.5 Å². The fourth-order valence-corrected chi connectivity index (χ4v) is 2.48. The van der Waals surface area contributed by atoms with Crippen LogP contribution in [0, 0.1) is 0 Å². The summed E-state index contributed by atoms with van der Waals surface area (Å²) in [5.41, 5.74) is 0.405. The molecule has 0 aromatic heterocycles. The third kappa shape index (κ3) is 1.71. The standard InChI is InChI=1S/C9H7Cl2NO2S/c1-15-9-6(12-2-3-12)7(13)4(10)5(11)8(9)14/h2-3H2,1H3. The van der Waals surface area contributed by atoms with Gasteiger partial charge in [-0.2, -0.15) is 0 Å². The molecule has 0 atom stereocenters. The van der Waals surface area contributed by atoms with E-state index in [0.29, 0.717) is 10.6 Å². The minimum atomic E-state index is -0.351. The first-order valence-electron chi connectivity index (χ1n) is 4.25. The smallest absolute Gasteiger partial charge is 0.223 e. The lowest BCUT2D eigenvalue weighted by Crippen LogP contribution is -2.23. The highest BCUT2D eigenvalue weighted by atomic mass is 35.5. The summed E-state index contributed by atoms with van der Waals surface area (Å²) >= 11 is 12.6. The van der Waals surface area contributed by atoms with Gasteiger partial charge in [0.1, 0.15) is 15.8 Å². The van der Waals surface area contributed by atoms with Gasteiger partial charge in [-0.15, -0.1) is 11.8 Å². The summed E-state index contributed by atoms with van der Waals surface area (Å²) in [6, 6.07) is 0. The molecular weight excluding hydrogens is 257 g/mol. The van der Waals surface area contributed by atoms with Crippen LogP contribution in [0.1, 0.15) is 0 Å². The predicted octanol–water partition coefficient (Wildman–Crippen LogP) is 1.72. The van der Waals surface area contributed by atoms with Gasteiger partial charge in [0.15, 0.2) is 0 Å². The molecule has 3 nitrogen and oxygen atoms in total. The molecule has 2 aliphatic rings. The first kappa shape index (κ1) is 11.0.